The zero-order chi connectivity index (χ0) is 21.8. The fourth-order valence-electron chi connectivity index (χ4n) is 3.29. The van der Waals surface area contributed by atoms with Gasteiger partial charge in [-0.1, -0.05) is 36.3 Å². The number of rotatable bonds is 4. The fraction of sp³-hybridized carbons (Fsp3) is 0.0769. The minimum atomic E-state index is 0.196. The van der Waals surface area contributed by atoms with Gasteiger partial charge in [0.25, 0.3) is 0 Å². The lowest BCUT2D eigenvalue weighted by Crippen LogP contribution is -2.04. The average molecular weight is 418 g/mol. The summed E-state index contributed by atoms with van der Waals surface area (Å²) in [5, 5.41) is 0.949. The Kier molecular flexibility index (Phi) is 5.29. The maximum Gasteiger partial charge on any atom is 0.250 e. The third-order valence-electron chi connectivity index (χ3n) is 4.82. The summed E-state index contributed by atoms with van der Waals surface area (Å²) in [7, 11) is 1.64. The zero-order valence-electron chi connectivity index (χ0n) is 17.3. The molecule has 6 nitrogen and oxygen atoms in total. The highest BCUT2D eigenvalue weighted by Crippen LogP contribution is 2.26. The summed E-state index contributed by atoms with van der Waals surface area (Å²) in [6.07, 6.45) is 1.68. The van der Waals surface area contributed by atoms with Gasteiger partial charge < -0.3 is 9.47 Å². The van der Waals surface area contributed by atoms with Crippen LogP contribution in [0.4, 0.5) is 0 Å². The molecule has 0 aliphatic rings. The predicted molar refractivity (Wildman–Crippen MR) is 122 cm³/mol. The number of para-hydroxylation sites is 1. The van der Waals surface area contributed by atoms with E-state index in [0.29, 0.717) is 22.7 Å². The number of hydrogen-bond donors (Lipinski definition) is 0. The first-order chi connectivity index (χ1) is 15.8. The second-order valence-electron chi connectivity index (χ2n) is 6.96. The van der Waals surface area contributed by atoms with Crippen LogP contribution in [0.1, 0.15) is 17.0 Å². The molecule has 154 valence electrons. The third-order valence-corrected chi connectivity index (χ3v) is 4.82. The van der Waals surface area contributed by atoms with Crippen molar-refractivity contribution in [1.29, 1.82) is 0 Å². The number of ether oxygens (including phenoxy) is 2. The highest BCUT2D eigenvalue weighted by Gasteiger charge is 2.12. The van der Waals surface area contributed by atoms with Crippen LogP contribution >= 0.6 is 0 Å². The highest BCUT2D eigenvalue weighted by molar-refractivity contribution is 5.85. The SMILES string of the molecule is COc1cc(COc2nc3cccnc3nc2C#Cc2ccccc2)nc2ccccc12. The van der Waals surface area contributed by atoms with E-state index in [1.54, 1.807) is 13.3 Å². The van der Waals surface area contributed by atoms with Crippen molar-refractivity contribution in [2.24, 2.45) is 0 Å². The molecular weight excluding hydrogens is 400 g/mol. The van der Waals surface area contributed by atoms with Gasteiger partial charge in [-0.2, -0.15) is 0 Å². The molecule has 2 aromatic carbocycles. The predicted octanol–water partition coefficient (Wildman–Crippen LogP) is 4.56. The molecular formula is C26H18N4O2. The molecule has 0 aliphatic carbocycles. The lowest BCUT2D eigenvalue weighted by Gasteiger charge is -2.10. The number of hydrogen-bond acceptors (Lipinski definition) is 6. The molecule has 0 aliphatic heterocycles. The quantitative estimate of drug-likeness (QED) is 0.399. The second-order valence-corrected chi connectivity index (χ2v) is 6.96. The summed E-state index contributed by atoms with van der Waals surface area (Å²) in [6.45, 7) is 0.196. The summed E-state index contributed by atoms with van der Waals surface area (Å²) in [5.74, 6) is 7.27. The van der Waals surface area contributed by atoms with Gasteiger partial charge in [0.1, 0.15) is 17.9 Å². The molecule has 0 N–H and O–H groups in total. The third kappa shape index (κ3) is 4.05. The van der Waals surface area contributed by atoms with Crippen molar-refractivity contribution < 1.29 is 9.47 Å². The molecule has 0 spiro atoms. The number of pyridine rings is 2. The Labute approximate surface area is 184 Å². The van der Waals surface area contributed by atoms with Crippen LogP contribution in [0.5, 0.6) is 11.6 Å². The van der Waals surface area contributed by atoms with Gasteiger partial charge in [0.15, 0.2) is 11.3 Å². The smallest absolute Gasteiger partial charge is 0.250 e. The van der Waals surface area contributed by atoms with Crippen molar-refractivity contribution in [2.75, 3.05) is 7.11 Å². The van der Waals surface area contributed by atoms with E-state index < -0.39 is 0 Å². The summed E-state index contributed by atoms with van der Waals surface area (Å²) < 4.78 is 11.6. The Bertz CT molecular complexity index is 1470. The molecule has 5 rings (SSSR count). The van der Waals surface area contributed by atoms with Crippen LogP contribution in [0.25, 0.3) is 22.1 Å². The van der Waals surface area contributed by atoms with Gasteiger partial charge >= 0.3 is 0 Å². The summed E-state index contributed by atoms with van der Waals surface area (Å²) in [5.41, 5.74) is 4.01. The van der Waals surface area contributed by atoms with Gasteiger partial charge in [-0.15, -0.1) is 0 Å². The molecule has 0 bridgehead atoms. The molecule has 5 aromatic rings. The van der Waals surface area contributed by atoms with Crippen LogP contribution in [0, 0.1) is 11.8 Å². The maximum absolute atomic E-state index is 6.05. The maximum atomic E-state index is 6.05. The van der Waals surface area contributed by atoms with Crippen molar-refractivity contribution in [2.45, 2.75) is 6.61 Å². The topological polar surface area (TPSA) is 70.0 Å². The van der Waals surface area contributed by atoms with E-state index in [1.165, 1.54) is 0 Å². The number of benzene rings is 2. The molecule has 0 unspecified atom stereocenters. The molecule has 0 atom stereocenters. The number of nitrogens with zero attached hydrogens (tertiary/aromatic N) is 4. The normalized spacial score (nSPS) is 10.5. The van der Waals surface area contributed by atoms with Crippen molar-refractivity contribution in [3.05, 3.63) is 95.9 Å². The van der Waals surface area contributed by atoms with E-state index in [0.717, 1.165) is 27.9 Å². The summed E-state index contributed by atoms with van der Waals surface area (Å²) in [6, 6.07) is 23.0. The van der Waals surface area contributed by atoms with E-state index in [9.17, 15) is 0 Å². The molecule has 6 heteroatoms. The van der Waals surface area contributed by atoms with E-state index in [-0.39, 0.29) is 6.61 Å². The lowest BCUT2D eigenvalue weighted by atomic mass is 10.2. The van der Waals surface area contributed by atoms with Crippen LogP contribution in [0.15, 0.2) is 79.0 Å². The van der Waals surface area contributed by atoms with Gasteiger partial charge in [-0.25, -0.2) is 19.9 Å². The van der Waals surface area contributed by atoms with Crippen LogP contribution in [-0.2, 0) is 6.61 Å². The summed E-state index contributed by atoms with van der Waals surface area (Å²) in [4.78, 5) is 18.1. The molecule has 0 saturated heterocycles. The molecule has 3 heterocycles. The monoisotopic (exact) mass is 418 g/mol. The zero-order valence-corrected chi connectivity index (χ0v) is 17.3. The van der Waals surface area contributed by atoms with Gasteiger partial charge in [0.2, 0.25) is 5.88 Å². The minimum Gasteiger partial charge on any atom is -0.496 e. The van der Waals surface area contributed by atoms with Gasteiger partial charge in [-0.3, -0.25) is 0 Å². The first-order valence-corrected chi connectivity index (χ1v) is 10.1. The van der Waals surface area contributed by atoms with E-state index in [4.69, 9.17) is 9.47 Å². The molecule has 0 amide bonds. The van der Waals surface area contributed by atoms with Crippen molar-refractivity contribution >= 4 is 22.1 Å². The van der Waals surface area contributed by atoms with Crippen molar-refractivity contribution in [3.8, 4) is 23.5 Å². The molecule has 3 aromatic heterocycles. The van der Waals surface area contributed by atoms with Crippen LogP contribution < -0.4 is 9.47 Å². The number of aromatic nitrogens is 4. The van der Waals surface area contributed by atoms with E-state index in [2.05, 4.69) is 31.8 Å². The Balaban J connectivity index is 1.51. The first-order valence-electron chi connectivity index (χ1n) is 10.1. The summed E-state index contributed by atoms with van der Waals surface area (Å²) >= 11 is 0. The Morgan fingerprint density at radius 2 is 1.62 bits per heavy atom. The minimum absolute atomic E-state index is 0.196. The lowest BCUT2D eigenvalue weighted by molar-refractivity contribution is 0.287. The fourth-order valence-corrected chi connectivity index (χ4v) is 3.29. The number of fused-ring (bicyclic) bond motifs is 2. The van der Waals surface area contributed by atoms with Crippen molar-refractivity contribution in [1.82, 2.24) is 19.9 Å². The average Bonchev–Trinajstić information content (AvgIpc) is 2.86. The standard InChI is InChI=1S/C26H18N4O2/c1-31-24-16-19(28-21-11-6-5-10-20(21)24)17-32-26-23(14-13-18-8-3-2-4-9-18)29-25-22(30-26)12-7-15-27-25/h2-12,15-16H,17H2,1H3. The van der Waals surface area contributed by atoms with E-state index in [1.807, 2.05) is 72.8 Å². The van der Waals surface area contributed by atoms with Crippen molar-refractivity contribution in [3.63, 3.8) is 0 Å². The first kappa shape index (κ1) is 19.5. The molecule has 32 heavy (non-hydrogen) atoms. The Hall–Kier alpha value is -4.50. The van der Waals surface area contributed by atoms with Crippen LogP contribution in [0.3, 0.4) is 0 Å². The van der Waals surface area contributed by atoms with E-state index >= 15 is 0 Å². The van der Waals surface area contributed by atoms with Gasteiger partial charge in [-0.05, 0) is 42.3 Å². The largest absolute Gasteiger partial charge is 0.496 e. The van der Waals surface area contributed by atoms with Gasteiger partial charge in [0.05, 0.1) is 18.3 Å². The Morgan fingerprint density at radius 1 is 0.812 bits per heavy atom. The second kappa shape index (κ2) is 8.70. The highest BCUT2D eigenvalue weighted by atomic mass is 16.5. The molecule has 0 saturated carbocycles. The van der Waals surface area contributed by atoms with Crippen LogP contribution in [-0.4, -0.2) is 27.0 Å². The molecule has 0 fully saturated rings. The van der Waals surface area contributed by atoms with Gasteiger partial charge in [0, 0.05) is 23.2 Å². The number of methoxy groups -OCH3 is 1. The molecule has 0 radical (unpaired) electrons. The Morgan fingerprint density at radius 3 is 2.50 bits per heavy atom. The van der Waals surface area contributed by atoms with Crippen LogP contribution in [0.2, 0.25) is 0 Å².